The topological polar surface area (TPSA) is 41.6 Å². The molecule has 0 saturated heterocycles. The van der Waals surface area contributed by atoms with Crippen molar-refractivity contribution in [1.29, 1.82) is 0 Å². The number of nitrogens with zero attached hydrogens (tertiary/aromatic N) is 1. The largest absolute Gasteiger partial charge is 0.479 e. The first-order valence-electron chi connectivity index (χ1n) is 8.06. The Morgan fingerprint density at radius 2 is 1.84 bits per heavy atom. The molecule has 0 bridgehead atoms. The van der Waals surface area contributed by atoms with Crippen LogP contribution in [0, 0.1) is 0 Å². The lowest BCUT2D eigenvalue weighted by Gasteiger charge is -2.18. The van der Waals surface area contributed by atoms with Crippen LogP contribution in [0.1, 0.15) is 18.9 Å². The Morgan fingerprint density at radius 3 is 2.40 bits per heavy atom. The summed E-state index contributed by atoms with van der Waals surface area (Å²) in [5.41, 5.74) is 2.14. The van der Waals surface area contributed by atoms with Crippen LogP contribution in [0.15, 0.2) is 42.5 Å². The summed E-state index contributed by atoms with van der Waals surface area (Å²) >= 11 is 12.0. The van der Waals surface area contributed by atoms with E-state index in [4.69, 9.17) is 27.9 Å². The van der Waals surface area contributed by atoms with Crippen molar-refractivity contribution in [3.8, 4) is 5.75 Å². The third-order valence-electron chi connectivity index (χ3n) is 3.75. The molecule has 1 amide bonds. The summed E-state index contributed by atoms with van der Waals surface area (Å²) in [6, 6.07) is 13.0. The van der Waals surface area contributed by atoms with Crippen LogP contribution in [-0.4, -0.2) is 26.1 Å². The van der Waals surface area contributed by atoms with E-state index in [0.717, 1.165) is 11.3 Å². The van der Waals surface area contributed by atoms with Gasteiger partial charge in [-0.25, -0.2) is 0 Å². The van der Waals surface area contributed by atoms with E-state index in [-0.39, 0.29) is 5.91 Å². The molecule has 0 saturated carbocycles. The minimum atomic E-state index is -0.611. The van der Waals surface area contributed by atoms with Gasteiger partial charge in [0.1, 0.15) is 5.75 Å². The lowest BCUT2D eigenvalue weighted by molar-refractivity contribution is -0.128. The van der Waals surface area contributed by atoms with Crippen molar-refractivity contribution < 1.29 is 9.53 Å². The summed E-state index contributed by atoms with van der Waals surface area (Å²) in [5.74, 6) is 0.272. The van der Waals surface area contributed by atoms with Crippen molar-refractivity contribution in [1.82, 2.24) is 5.32 Å². The van der Waals surface area contributed by atoms with Crippen molar-refractivity contribution in [3.63, 3.8) is 0 Å². The second-order valence-electron chi connectivity index (χ2n) is 5.87. The van der Waals surface area contributed by atoms with E-state index in [1.54, 1.807) is 18.2 Å². The summed E-state index contributed by atoms with van der Waals surface area (Å²) < 4.78 is 5.74. The Kier molecular flexibility index (Phi) is 6.97. The number of hydrogen-bond donors (Lipinski definition) is 1. The van der Waals surface area contributed by atoms with Crippen molar-refractivity contribution in [2.45, 2.75) is 26.0 Å². The fourth-order valence-electron chi connectivity index (χ4n) is 2.26. The van der Waals surface area contributed by atoms with E-state index in [1.165, 1.54) is 0 Å². The summed E-state index contributed by atoms with van der Waals surface area (Å²) in [4.78, 5) is 14.4. The van der Waals surface area contributed by atoms with Gasteiger partial charge in [0.05, 0.1) is 5.02 Å². The molecule has 2 aromatic rings. The van der Waals surface area contributed by atoms with E-state index in [2.05, 4.69) is 5.32 Å². The zero-order chi connectivity index (χ0) is 18.4. The number of ether oxygens (including phenoxy) is 1. The van der Waals surface area contributed by atoms with Gasteiger partial charge in [0.2, 0.25) is 0 Å². The quantitative estimate of drug-likeness (QED) is 0.766. The van der Waals surface area contributed by atoms with Crippen LogP contribution in [-0.2, 0) is 11.3 Å². The Hall–Kier alpha value is -1.91. The normalized spacial score (nSPS) is 11.7. The van der Waals surface area contributed by atoms with Crippen LogP contribution in [0.4, 0.5) is 5.69 Å². The molecule has 2 rings (SSSR count). The van der Waals surface area contributed by atoms with Crippen LogP contribution in [0.2, 0.25) is 10.0 Å². The molecule has 1 atom stereocenters. The number of nitrogens with one attached hydrogen (secondary N) is 1. The average Bonchev–Trinajstić information content (AvgIpc) is 2.59. The molecule has 4 nitrogen and oxygen atoms in total. The maximum absolute atomic E-state index is 12.4. The van der Waals surface area contributed by atoms with Gasteiger partial charge in [0.25, 0.3) is 5.91 Å². The lowest BCUT2D eigenvalue weighted by Crippen LogP contribution is -2.37. The van der Waals surface area contributed by atoms with Crippen LogP contribution in [0.25, 0.3) is 0 Å². The second kappa shape index (κ2) is 8.97. The zero-order valence-electron chi connectivity index (χ0n) is 14.6. The molecule has 25 heavy (non-hydrogen) atoms. The highest BCUT2D eigenvalue weighted by atomic mass is 35.5. The average molecular weight is 381 g/mol. The summed E-state index contributed by atoms with van der Waals surface area (Å²) in [6.45, 7) is 2.33. The molecule has 0 heterocycles. The number of hydrogen-bond acceptors (Lipinski definition) is 3. The highest BCUT2D eigenvalue weighted by molar-refractivity contribution is 6.35. The van der Waals surface area contributed by atoms with Crippen molar-refractivity contribution >= 4 is 34.8 Å². The van der Waals surface area contributed by atoms with Gasteiger partial charge in [-0.1, -0.05) is 42.3 Å². The smallest absolute Gasteiger partial charge is 0.261 e. The summed E-state index contributed by atoms with van der Waals surface area (Å²) in [5, 5.41) is 3.81. The summed E-state index contributed by atoms with van der Waals surface area (Å²) in [7, 11) is 3.98. The molecule has 0 aliphatic heterocycles. The lowest BCUT2D eigenvalue weighted by atomic mass is 10.2. The molecular formula is C19H22Cl2N2O2. The highest BCUT2D eigenvalue weighted by Crippen LogP contribution is 2.28. The molecule has 0 aliphatic rings. The molecule has 6 heteroatoms. The molecule has 134 valence electrons. The monoisotopic (exact) mass is 380 g/mol. The number of halogens is 2. The zero-order valence-corrected chi connectivity index (χ0v) is 16.1. The fraction of sp³-hybridized carbons (Fsp3) is 0.316. The first kappa shape index (κ1) is 19.4. The van der Waals surface area contributed by atoms with Crippen molar-refractivity contribution in [2.24, 2.45) is 0 Å². The Bertz CT molecular complexity index is 718. The first-order valence-corrected chi connectivity index (χ1v) is 8.82. The molecule has 1 N–H and O–H groups in total. The third kappa shape index (κ3) is 5.55. The van der Waals surface area contributed by atoms with Gasteiger partial charge in [-0.3, -0.25) is 4.79 Å². The molecule has 0 fully saturated rings. The maximum atomic E-state index is 12.4. The van der Waals surface area contributed by atoms with Crippen LogP contribution >= 0.6 is 23.2 Å². The molecule has 1 unspecified atom stereocenters. The third-order valence-corrected chi connectivity index (χ3v) is 4.28. The molecule has 0 radical (unpaired) electrons. The fourth-order valence-corrected chi connectivity index (χ4v) is 2.71. The van der Waals surface area contributed by atoms with Gasteiger partial charge in [-0.05, 0) is 42.3 Å². The Balaban J connectivity index is 1.95. The number of rotatable bonds is 7. The van der Waals surface area contributed by atoms with Crippen molar-refractivity contribution in [3.05, 3.63) is 58.1 Å². The molecule has 0 aliphatic carbocycles. The van der Waals surface area contributed by atoms with E-state index in [0.29, 0.717) is 28.8 Å². The Labute approximate surface area is 158 Å². The number of anilines is 1. The van der Waals surface area contributed by atoms with E-state index < -0.39 is 6.10 Å². The number of amides is 1. The first-order chi connectivity index (χ1) is 11.9. The summed E-state index contributed by atoms with van der Waals surface area (Å²) in [6.07, 6.45) is -0.0793. The number of carbonyl (C=O) groups is 1. The van der Waals surface area contributed by atoms with Gasteiger partial charge in [0, 0.05) is 31.4 Å². The molecule has 0 spiro atoms. The standard InChI is InChI=1S/C19H22Cl2N2O2/c1-4-17(25-18-10-7-14(20)11-16(18)21)19(24)22-12-13-5-8-15(9-6-13)23(2)3/h5-11,17H,4,12H2,1-3H3,(H,22,24). The second-order valence-corrected chi connectivity index (χ2v) is 6.71. The number of carbonyl (C=O) groups excluding carboxylic acids is 1. The predicted octanol–water partition coefficient (Wildman–Crippen LogP) is 4.53. The molecular weight excluding hydrogens is 359 g/mol. The SMILES string of the molecule is CCC(Oc1ccc(Cl)cc1Cl)C(=O)NCc1ccc(N(C)C)cc1. The van der Waals surface area contributed by atoms with Crippen molar-refractivity contribution in [2.75, 3.05) is 19.0 Å². The van der Waals surface area contributed by atoms with Crippen LogP contribution in [0.3, 0.4) is 0 Å². The van der Waals surface area contributed by atoms with Gasteiger partial charge < -0.3 is 15.0 Å². The molecule has 2 aromatic carbocycles. The highest BCUT2D eigenvalue weighted by Gasteiger charge is 2.19. The van der Waals surface area contributed by atoms with Gasteiger partial charge in [0.15, 0.2) is 6.10 Å². The number of benzene rings is 2. The minimum Gasteiger partial charge on any atom is -0.479 e. The van der Waals surface area contributed by atoms with Gasteiger partial charge in [-0.15, -0.1) is 0 Å². The van der Waals surface area contributed by atoms with Gasteiger partial charge in [-0.2, -0.15) is 0 Å². The predicted molar refractivity (Wildman–Crippen MR) is 104 cm³/mol. The Morgan fingerprint density at radius 1 is 1.16 bits per heavy atom. The molecule has 0 aromatic heterocycles. The van der Waals surface area contributed by atoms with Crippen LogP contribution < -0.4 is 15.0 Å². The minimum absolute atomic E-state index is 0.176. The van der Waals surface area contributed by atoms with E-state index in [1.807, 2.05) is 50.2 Å². The maximum Gasteiger partial charge on any atom is 0.261 e. The van der Waals surface area contributed by atoms with E-state index in [9.17, 15) is 4.79 Å². The van der Waals surface area contributed by atoms with Crippen LogP contribution in [0.5, 0.6) is 5.75 Å². The van der Waals surface area contributed by atoms with Gasteiger partial charge >= 0.3 is 0 Å². The van der Waals surface area contributed by atoms with E-state index >= 15 is 0 Å².